The lowest BCUT2D eigenvalue weighted by Gasteiger charge is -2.12. The van der Waals surface area contributed by atoms with E-state index < -0.39 is 6.04 Å². The van der Waals surface area contributed by atoms with Crippen LogP contribution in [-0.2, 0) is 0 Å². The largest absolute Gasteiger partial charge is 0.496 e. The van der Waals surface area contributed by atoms with Gasteiger partial charge in [-0.2, -0.15) is 10.5 Å². The molecule has 1 aromatic carbocycles. The van der Waals surface area contributed by atoms with Crippen molar-refractivity contribution in [1.29, 1.82) is 10.5 Å². The van der Waals surface area contributed by atoms with Crippen LogP contribution in [-0.4, -0.2) is 7.11 Å². The molecule has 0 aromatic heterocycles. The lowest BCUT2D eigenvalue weighted by molar-refractivity contribution is 0.406. The van der Waals surface area contributed by atoms with Crippen LogP contribution in [0.5, 0.6) is 5.75 Å². The highest BCUT2D eigenvalue weighted by Gasteiger charge is 2.12. The van der Waals surface area contributed by atoms with Crippen molar-refractivity contribution in [3.63, 3.8) is 0 Å². The molecule has 0 saturated heterocycles. The van der Waals surface area contributed by atoms with Crippen molar-refractivity contribution in [2.24, 2.45) is 5.73 Å². The van der Waals surface area contributed by atoms with Crippen molar-refractivity contribution < 1.29 is 4.74 Å². The first-order valence-electron chi connectivity index (χ1n) is 4.43. The molecule has 0 amide bonds. The zero-order valence-corrected chi connectivity index (χ0v) is 8.40. The highest BCUT2D eigenvalue weighted by molar-refractivity contribution is 5.43. The summed E-state index contributed by atoms with van der Waals surface area (Å²) >= 11 is 0. The standard InChI is InChI=1S/C11H11N3O/c1-15-11-3-2-8(7-13)6-9(11)10(14)4-5-12/h2-3,6,10H,4,14H2,1H3. The fourth-order valence-electron chi connectivity index (χ4n) is 1.30. The van der Waals surface area contributed by atoms with Gasteiger partial charge in [-0.15, -0.1) is 0 Å². The Labute approximate surface area is 88.5 Å². The molecule has 0 bridgehead atoms. The highest BCUT2D eigenvalue weighted by Crippen LogP contribution is 2.26. The Morgan fingerprint density at radius 1 is 1.47 bits per heavy atom. The number of hydrogen-bond donors (Lipinski definition) is 1. The first-order valence-corrected chi connectivity index (χ1v) is 4.43. The van der Waals surface area contributed by atoms with E-state index in [1.807, 2.05) is 12.1 Å². The fourth-order valence-corrected chi connectivity index (χ4v) is 1.30. The molecule has 0 aliphatic heterocycles. The van der Waals surface area contributed by atoms with Gasteiger partial charge < -0.3 is 10.5 Å². The van der Waals surface area contributed by atoms with Gasteiger partial charge in [0.1, 0.15) is 5.75 Å². The van der Waals surface area contributed by atoms with E-state index in [4.69, 9.17) is 21.0 Å². The van der Waals surface area contributed by atoms with Crippen molar-refractivity contribution in [3.8, 4) is 17.9 Å². The number of nitriles is 2. The lowest BCUT2D eigenvalue weighted by atomic mass is 10.0. The highest BCUT2D eigenvalue weighted by atomic mass is 16.5. The van der Waals surface area contributed by atoms with E-state index in [1.54, 1.807) is 18.2 Å². The predicted octanol–water partition coefficient (Wildman–Crippen LogP) is 1.48. The zero-order chi connectivity index (χ0) is 11.3. The number of nitrogens with two attached hydrogens (primary N) is 1. The Kier molecular flexibility index (Phi) is 3.68. The maximum Gasteiger partial charge on any atom is 0.123 e. The molecule has 0 heterocycles. The summed E-state index contributed by atoms with van der Waals surface area (Å²) in [6, 6.07) is 8.59. The Bertz CT molecular complexity index is 428. The van der Waals surface area contributed by atoms with Crippen molar-refractivity contribution in [2.45, 2.75) is 12.5 Å². The molecule has 0 aliphatic carbocycles. The first kappa shape index (κ1) is 11.0. The van der Waals surface area contributed by atoms with E-state index >= 15 is 0 Å². The van der Waals surface area contributed by atoms with Crippen molar-refractivity contribution >= 4 is 0 Å². The normalized spacial score (nSPS) is 11.2. The molecular formula is C11H11N3O. The molecule has 0 fully saturated rings. The molecular weight excluding hydrogens is 190 g/mol. The third-order valence-electron chi connectivity index (χ3n) is 2.07. The molecule has 1 rings (SSSR count). The summed E-state index contributed by atoms with van der Waals surface area (Å²) in [5.41, 5.74) is 7.00. The maximum atomic E-state index is 8.74. The summed E-state index contributed by atoms with van der Waals surface area (Å²) in [4.78, 5) is 0. The molecule has 0 radical (unpaired) electrons. The molecule has 4 nitrogen and oxygen atoms in total. The van der Waals surface area contributed by atoms with Crippen LogP contribution in [0.2, 0.25) is 0 Å². The van der Waals surface area contributed by atoms with Crippen LogP contribution in [0.15, 0.2) is 18.2 Å². The number of rotatable bonds is 3. The Balaban J connectivity index is 3.13. The summed E-state index contributed by atoms with van der Waals surface area (Å²) < 4.78 is 5.11. The van der Waals surface area contributed by atoms with Crippen LogP contribution in [0, 0.1) is 22.7 Å². The van der Waals surface area contributed by atoms with Gasteiger partial charge in [-0.05, 0) is 18.2 Å². The lowest BCUT2D eigenvalue weighted by Crippen LogP contribution is -2.11. The second-order valence-corrected chi connectivity index (χ2v) is 3.04. The maximum absolute atomic E-state index is 8.74. The van der Waals surface area contributed by atoms with E-state index in [1.165, 1.54) is 7.11 Å². The molecule has 76 valence electrons. The second-order valence-electron chi connectivity index (χ2n) is 3.04. The molecule has 1 unspecified atom stereocenters. The van der Waals surface area contributed by atoms with E-state index in [2.05, 4.69) is 0 Å². The fraction of sp³-hybridized carbons (Fsp3) is 0.273. The van der Waals surface area contributed by atoms with Gasteiger partial charge in [0.2, 0.25) is 0 Å². The van der Waals surface area contributed by atoms with Crippen LogP contribution in [0.25, 0.3) is 0 Å². The second kappa shape index (κ2) is 4.99. The van der Waals surface area contributed by atoms with Gasteiger partial charge in [0.05, 0.1) is 31.2 Å². The van der Waals surface area contributed by atoms with Crippen LogP contribution in [0.1, 0.15) is 23.6 Å². The molecule has 0 aliphatic rings. The number of nitrogens with zero attached hydrogens (tertiary/aromatic N) is 2. The number of ether oxygens (including phenoxy) is 1. The van der Waals surface area contributed by atoms with E-state index in [9.17, 15) is 0 Å². The quantitative estimate of drug-likeness (QED) is 0.802. The molecule has 0 spiro atoms. The molecule has 15 heavy (non-hydrogen) atoms. The Morgan fingerprint density at radius 2 is 2.20 bits per heavy atom. The zero-order valence-electron chi connectivity index (χ0n) is 8.40. The predicted molar refractivity (Wildman–Crippen MR) is 54.9 cm³/mol. The van der Waals surface area contributed by atoms with Crippen LogP contribution in [0.4, 0.5) is 0 Å². The summed E-state index contributed by atoms with van der Waals surface area (Å²) in [7, 11) is 1.53. The Hall–Kier alpha value is -2.04. The molecule has 4 heteroatoms. The van der Waals surface area contributed by atoms with E-state index in [-0.39, 0.29) is 6.42 Å². The van der Waals surface area contributed by atoms with Gasteiger partial charge in [-0.25, -0.2) is 0 Å². The van der Waals surface area contributed by atoms with E-state index in [0.29, 0.717) is 16.9 Å². The number of benzene rings is 1. The molecule has 0 saturated carbocycles. The summed E-state index contributed by atoms with van der Waals surface area (Å²) in [5, 5.41) is 17.3. The third kappa shape index (κ3) is 2.46. The van der Waals surface area contributed by atoms with E-state index in [0.717, 1.165) is 0 Å². The Morgan fingerprint density at radius 3 is 2.73 bits per heavy atom. The van der Waals surface area contributed by atoms with Crippen LogP contribution in [0.3, 0.4) is 0 Å². The average Bonchev–Trinajstić information content (AvgIpc) is 2.28. The molecule has 1 aromatic rings. The first-order chi connectivity index (χ1) is 7.22. The number of methoxy groups -OCH3 is 1. The van der Waals surface area contributed by atoms with Gasteiger partial charge in [-0.3, -0.25) is 0 Å². The minimum Gasteiger partial charge on any atom is -0.496 e. The van der Waals surface area contributed by atoms with Crippen molar-refractivity contribution in [1.82, 2.24) is 0 Å². The SMILES string of the molecule is COc1ccc(C#N)cc1C(N)CC#N. The van der Waals surface area contributed by atoms with Crippen molar-refractivity contribution in [2.75, 3.05) is 7.11 Å². The van der Waals surface area contributed by atoms with Gasteiger partial charge in [0.15, 0.2) is 0 Å². The average molecular weight is 201 g/mol. The minimum absolute atomic E-state index is 0.200. The topological polar surface area (TPSA) is 82.8 Å². The van der Waals surface area contributed by atoms with Crippen LogP contribution < -0.4 is 10.5 Å². The summed E-state index contributed by atoms with van der Waals surface area (Å²) in [5.74, 6) is 0.608. The minimum atomic E-state index is -0.418. The molecule has 2 N–H and O–H groups in total. The van der Waals surface area contributed by atoms with Crippen LogP contribution >= 0.6 is 0 Å². The molecule has 1 atom stereocenters. The van der Waals surface area contributed by atoms with Crippen molar-refractivity contribution in [3.05, 3.63) is 29.3 Å². The number of hydrogen-bond acceptors (Lipinski definition) is 4. The van der Waals surface area contributed by atoms with Gasteiger partial charge in [0.25, 0.3) is 0 Å². The monoisotopic (exact) mass is 201 g/mol. The van der Waals surface area contributed by atoms with Gasteiger partial charge in [0, 0.05) is 11.6 Å². The smallest absolute Gasteiger partial charge is 0.123 e. The third-order valence-corrected chi connectivity index (χ3v) is 2.07. The van der Waals surface area contributed by atoms with Gasteiger partial charge in [-0.1, -0.05) is 0 Å². The van der Waals surface area contributed by atoms with Gasteiger partial charge >= 0.3 is 0 Å². The summed E-state index contributed by atoms with van der Waals surface area (Å²) in [6.07, 6.45) is 0.200. The summed E-state index contributed by atoms with van der Waals surface area (Å²) in [6.45, 7) is 0.